The fourth-order valence-corrected chi connectivity index (χ4v) is 5.04. The summed E-state index contributed by atoms with van der Waals surface area (Å²) in [5.41, 5.74) is 2.13. The highest BCUT2D eigenvalue weighted by atomic mass is 35.5. The lowest BCUT2D eigenvalue weighted by atomic mass is 9.89. The van der Waals surface area contributed by atoms with Gasteiger partial charge in [0.05, 0.1) is 0 Å². The zero-order chi connectivity index (χ0) is 21.6. The molecule has 4 nitrogen and oxygen atoms in total. The van der Waals surface area contributed by atoms with E-state index in [0.29, 0.717) is 12.0 Å². The quantitative estimate of drug-likeness (QED) is 0.632. The molecule has 1 amide bonds. The molecule has 1 heterocycles. The summed E-state index contributed by atoms with van der Waals surface area (Å²) in [6.07, 6.45) is 6.30. The van der Waals surface area contributed by atoms with Crippen LogP contribution < -0.4 is 5.32 Å². The first-order valence-corrected chi connectivity index (χ1v) is 11.6. The standard InChI is InChI=1S/C25H30ClFN2O2/c26-21-8-4-18(5-9-21)16-19-12-14-29(15-13-19)24-3-1-2-23(24)28-25(30)31-17-20-6-10-22(27)11-7-20/h4-11,19,23-24H,1-3,12-17H2,(H,28,30)/t23-,24-/m1/s1. The second kappa shape index (κ2) is 10.5. The summed E-state index contributed by atoms with van der Waals surface area (Å²) >= 11 is 5.99. The van der Waals surface area contributed by atoms with Crippen molar-refractivity contribution in [2.45, 2.75) is 57.2 Å². The van der Waals surface area contributed by atoms with Crippen LogP contribution in [0, 0.1) is 11.7 Å². The SMILES string of the molecule is O=C(N[C@@H]1CCC[C@H]1N1CCC(Cc2ccc(Cl)cc2)CC1)OCc1ccc(F)cc1. The molecule has 0 radical (unpaired) electrons. The highest BCUT2D eigenvalue weighted by Gasteiger charge is 2.35. The first-order valence-electron chi connectivity index (χ1n) is 11.2. The Morgan fingerprint density at radius 1 is 1.00 bits per heavy atom. The van der Waals surface area contributed by atoms with Crippen LogP contribution in [0.25, 0.3) is 0 Å². The molecular weight excluding hydrogens is 415 g/mol. The van der Waals surface area contributed by atoms with Crippen LogP contribution in [0.1, 0.15) is 43.2 Å². The molecule has 1 N–H and O–H groups in total. The molecule has 2 fully saturated rings. The van der Waals surface area contributed by atoms with Crippen LogP contribution in [0.15, 0.2) is 48.5 Å². The first-order chi connectivity index (χ1) is 15.1. The van der Waals surface area contributed by atoms with Gasteiger partial charge in [-0.15, -0.1) is 0 Å². The third kappa shape index (κ3) is 6.20. The van der Waals surface area contributed by atoms with Gasteiger partial charge in [0.2, 0.25) is 0 Å². The molecule has 2 aromatic rings. The van der Waals surface area contributed by atoms with Crippen molar-refractivity contribution < 1.29 is 13.9 Å². The minimum Gasteiger partial charge on any atom is -0.445 e. The van der Waals surface area contributed by atoms with E-state index >= 15 is 0 Å². The van der Waals surface area contributed by atoms with Gasteiger partial charge in [0.25, 0.3) is 0 Å². The van der Waals surface area contributed by atoms with Crippen molar-refractivity contribution in [3.8, 4) is 0 Å². The number of hydrogen-bond donors (Lipinski definition) is 1. The molecule has 6 heteroatoms. The van der Waals surface area contributed by atoms with Crippen molar-refractivity contribution in [3.05, 3.63) is 70.5 Å². The summed E-state index contributed by atoms with van der Waals surface area (Å²) in [7, 11) is 0. The van der Waals surface area contributed by atoms with E-state index in [2.05, 4.69) is 22.3 Å². The molecular formula is C25H30ClFN2O2. The van der Waals surface area contributed by atoms with Gasteiger partial charge >= 0.3 is 6.09 Å². The molecule has 1 saturated carbocycles. The van der Waals surface area contributed by atoms with Gasteiger partial charge in [0.1, 0.15) is 12.4 Å². The minimum atomic E-state index is -0.390. The first kappa shape index (κ1) is 22.1. The third-order valence-electron chi connectivity index (χ3n) is 6.62. The van der Waals surface area contributed by atoms with Crippen molar-refractivity contribution in [3.63, 3.8) is 0 Å². The number of ether oxygens (including phenoxy) is 1. The van der Waals surface area contributed by atoms with E-state index in [0.717, 1.165) is 49.4 Å². The molecule has 166 valence electrons. The average Bonchev–Trinajstić information content (AvgIpc) is 3.23. The summed E-state index contributed by atoms with van der Waals surface area (Å²) < 4.78 is 18.4. The zero-order valence-corrected chi connectivity index (χ0v) is 18.5. The lowest BCUT2D eigenvalue weighted by Gasteiger charge is -2.38. The topological polar surface area (TPSA) is 41.6 Å². The number of likely N-dealkylation sites (tertiary alicyclic amines) is 1. The number of piperidine rings is 1. The number of hydrogen-bond acceptors (Lipinski definition) is 3. The molecule has 2 aromatic carbocycles. The van der Waals surface area contributed by atoms with Crippen LogP contribution >= 0.6 is 11.6 Å². The van der Waals surface area contributed by atoms with E-state index in [1.54, 1.807) is 12.1 Å². The van der Waals surface area contributed by atoms with Gasteiger partial charge in [-0.05, 0) is 92.9 Å². The fraction of sp³-hybridized carbons (Fsp3) is 0.480. The Bertz CT molecular complexity index is 851. The summed E-state index contributed by atoms with van der Waals surface area (Å²) in [6.45, 7) is 2.30. The van der Waals surface area contributed by atoms with Crippen molar-refractivity contribution in [2.24, 2.45) is 5.92 Å². The number of benzene rings is 2. The highest BCUT2D eigenvalue weighted by molar-refractivity contribution is 6.30. The second-order valence-electron chi connectivity index (χ2n) is 8.76. The Hall–Kier alpha value is -2.11. The summed E-state index contributed by atoms with van der Waals surface area (Å²) in [5, 5.41) is 3.86. The van der Waals surface area contributed by atoms with E-state index < -0.39 is 0 Å². The molecule has 1 aliphatic carbocycles. The maximum atomic E-state index is 13.0. The largest absolute Gasteiger partial charge is 0.445 e. The van der Waals surface area contributed by atoms with E-state index in [1.165, 1.54) is 30.5 Å². The Balaban J connectivity index is 1.22. The fourth-order valence-electron chi connectivity index (χ4n) is 4.91. The molecule has 1 saturated heterocycles. The van der Waals surface area contributed by atoms with Crippen LogP contribution in [0.2, 0.25) is 5.02 Å². The summed E-state index contributed by atoms with van der Waals surface area (Å²) in [5.74, 6) is 0.407. The Kier molecular flexibility index (Phi) is 7.46. The normalized spacial score (nSPS) is 22.4. The van der Waals surface area contributed by atoms with Crippen LogP contribution in [-0.4, -0.2) is 36.2 Å². The van der Waals surface area contributed by atoms with Gasteiger partial charge in [-0.25, -0.2) is 9.18 Å². The number of rotatable bonds is 6. The summed E-state index contributed by atoms with van der Waals surface area (Å²) in [6, 6.07) is 14.7. The molecule has 2 aliphatic rings. The number of carbonyl (C=O) groups is 1. The van der Waals surface area contributed by atoms with Crippen LogP contribution in [0.3, 0.4) is 0 Å². The lowest BCUT2D eigenvalue weighted by molar-refractivity contribution is 0.104. The smallest absolute Gasteiger partial charge is 0.407 e. The van der Waals surface area contributed by atoms with Crippen molar-refractivity contribution in [1.29, 1.82) is 0 Å². The van der Waals surface area contributed by atoms with E-state index in [9.17, 15) is 9.18 Å². The lowest BCUT2D eigenvalue weighted by Crippen LogP contribution is -2.51. The average molecular weight is 445 g/mol. The zero-order valence-electron chi connectivity index (χ0n) is 17.7. The maximum Gasteiger partial charge on any atom is 0.407 e. The molecule has 31 heavy (non-hydrogen) atoms. The molecule has 0 bridgehead atoms. The van der Waals surface area contributed by atoms with Gasteiger partial charge < -0.3 is 10.1 Å². The molecule has 0 aromatic heterocycles. The number of halogens is 2. The second-order valence-corrected chi connectivity index (χ2v) is 9.20. The molecule has 4 rings (SSSR count). The van der Waals surface area contributed by atoms with Gasteiger partial charge in [0, 0.05) is 17.1 Å². The Labute approximate surface area is 188 Å². The van der Waals surface area contributed by atoms with E-state index in [1.807, 2.05) is 12.1 Å². The highest BCUT2D eigenvalue weighted by Crippen LogP contribution is 2.30. The third-order valence-corrected chi connectivity index (χ3v) is 6.87. The van der Waals surface area contributed by atoms with Crippen molar-refractivity contribution in [1.82, 2.24) is 10.2 Å². The minimum absolute atomic E-state index is 0.133. The van der Waals surface area contributed by atoms with Crippen molar-refractivity contribution >= 4 is 17.7 Å². The van der Waals surface area contributed by atoms with E-state index in [-0.39, 0.29) is 24.6 Å². The number of amides is 1. The molecule has 0 spiro atoms. The van der Waals surface area contributed by atoms with Crippen molar-refractivity contribution in [2.75, 3.05) is 13.1 Å². The number of alkyl carbamates (subject to hydrolysis) is 1. The number of nitrogens with zero attached hydrogens (tertiary/aromatic N) is 1. The van der Waals surface area contributed by atoms with Gasteiger partial charge in [-0.2, -0.15) is 0 Å². The van der Waals surface area contributed by atoms with E-state index in [4.69, 9.17) is 16.3 Å². The van der Waals surface area contributed by atoms with Crippen LogP contribution in [-0.2, 0) is 17.8 Å². The predicted octanol–water partition coefficient (Wildman–Crippen LogP) is 5.58. The van der Waals surface area contributed by atoms with Gasteiger partial charge in [-0.3, -0.25) is 4.90 Å². The van der Waals surface area contributed by atoms with Gasteiger partial charge in [-0.1, -0.05) is 35.9 Å². The molecule has 0 unspecified atom stereocenters. The molecule has 2 atom stereocenters. The number of carbonyl (C=O) groups excluding carboxylic acids is 1. The Morgan fingerprint density at radius 2 is 1.68 bits per heavy atom. The predicted molar refractivity (Wildman–Crippen MR) is 121 cm³/mol. The monoisotopic (exact) mass is 444 g/mol. The Morgan fingerprint density at radius 3 is 2.39 bits per heavy atom. The summed E-state index contributed by atoms with van der Waals surface area (Å²) in [4.78, 5) is 14.9. The van der Waals surface area contributed by atoms with Crippen LogP contribution in [0.5, 0.6) is 0 Å². The number of nitrogens with one attached hydrogen (secondary N) is 1. The maximum absolute atomic E-state index is 13.0. The van der Waals surface area contributed by atoms with Crippen LogP contribution in [0.4, 0.5) is 9.18 Å². The van der Waals surface area contributed by atoms with Gasteiger partial charge in [0.15, 0.2) is 0 Å². The molecule has 1 aliphatic heterocycles.